The van der Waals surface area contributed by atoms with Crippen LogP contribution < -0.4 is 25.8 Å². The van der Waals surface area contributed by atoms with Crippen molar-refractivity contribution in [2.45, 2.75) is 0 Å². The van der Waals surface area contributed by atoms with E-state index in [1.807, 2.05) is 0 Å². The maximum atomic E-state index is 12.2. The molecule has 0 spiro atoms. The predicted molar refractivity (Wildman–Crippen MR) is 95.5 cm³/mol. The van der Waals surface area contributed by atoms with Gasteiger partial charge in [0.1, 0.15) is 11.5 Å². The Morgan fingerprint density at radius 1 is 0.923 bits per heavy atom. The summed E-state index contributed by atoms with van der Waals surface area (Å²) in [6.45, 7) is -0.226. The van der Waals surface area contributed by atoms with Crippen LogP contribution in [0.25, 0.3) is 0 Å². The molecule has 0 atom stereocenters. The number of nitrogens with two attached hydrogens (primary N) is 1. The van der Waals surface area contributed by atoms with Gasteiger partial charge in [0.25, 0.3) is 5.91 Å². The number of ether oxygens (including phenoxy) is 2. The van der Waals surface area contributed by atoms with Crippen molar-refractivity contribution in [1.82, 2.24) is 5.32 Å². The molecule has 0 aliphatic rings. The molecule has 136 valence electrons. The second kappa shape index (κ2) is 8.52. The summed E-state index contributed by atoms with van der Waals surface area (Å²) in [4.78, 5) is 35.2. The van der Waals surface area contributed by atoms with Gasteiger partial charge in [-0.2, -0.15) is 0 Å². The van der Waals surface area contributed by atoms with Crippen LogP contribution in [0.15, 0.2) is 42.5 Å². The minimum Gasteiger partial charge on any atom is -0.497 e. The van der Waals surface area contributed by atoms with Crippen molar-refractivity contribution in [3.8, 4) is 11.5 Å². The first-order chi connectivity index (χ1) is 12.4. The number of primary amides is 1. The summed E-state index contributed by atoms with van der Waals surface area (Å²) < 4.78 is 10.2. The van der Waals surface area contributed by atoms with E-state index in [1.54, 1.807) is 18.2 Å². The molecule has 2 aromatic rings. The molecule has 8 nitrogen and oxygen atoms in total. The Bertz CT molecular complexity index is 796. The summed E-state index contributed by atoms with van der Waals surface area (Å²) in [5.74, 6) is -0.479. The first-order valence-electron chi connectivity index (χ1n) is 7.64. The second-order valence-electron chi connectivity index (χ2n) is 5.27. The standard InChI is InChI=1S/C18H19N3O5/c1-25-14-7-12(8-15(9-14)26-2)18(24)20-10-16(22)21-13-5-3-11(4-6-13)17(19)23/h3-9H,10H2,1-2H3,(H2,19,23)(H,20,24)(H,21,22). The molecule has 2 aromatic carbocycles. The van der Waals surface area contributed by atoms with Gasteiger partial charge < -0.3 is 25.8 Å². The summed E-state index contributed by atoms with van der Waals surface area (Å²) in [6, 6.07) is 10.8. The molecule has 0 aliphatic carbocycles. The summed E-state index contributed by atoms with van der Waals surface area (Å²) in [7, 11) is 2.96. The SMILES string of the molecule is COc1cc(OC)cc(C(=O)NCC(=O)Nc2ccc(C(N)=O)cc2)c1. The van der Waals surface area contributed by atoms with E-state index in [1.165, 1.54) is 38.5 Å². The van der Waals surface area contributed by atoms with Crippen molar-refractivity contribution < 1.29 is 23.9 Å². The van der Waals surface area contributed by atoms with Crippen molar-refractivity contribution in [3.05, 3.63) is 53.6 Å². The number of benzene rings is 2. The molecule has 0 radical (unpaired) electrons. The van der Waals surface area contributed by atoms with Crippen LogP contribution in [0.4, 0.5) is 5.69 Å². The number of amides is 3. The summed E-state index contributed by atoms with van der Waals surface area (Å²) in [6.07, 6.45) is 0. The van der Waals surface area contributed by atoms with Gasteiger partial charge in [0.15, 0.2) is 0 Å². The molecule has 4 N–H and O–H groups in total. The fourth-order valence-corrected chi connectivity index (χ4v) is 2.12. The van der Waals surface area contributed by atoms with Crippen molar-refractivity contribution >= 4 is 23.4 Å². The molecule has 0 saturated carbocycles. The maximum Gasteiger partial charge on any atom is 0.251 e. The summed E-state index contributed by atoms with van der Waals surface area (Å²) >= 11 is 0. The average Bonchev–Trinajstić information content (AvgIpc) is 2.65. The fraction of sp³-hybridized carbons (Fsp3) is 0.167. The highest BCUT2D eigenvalue weighted by Crippen LogP contribution is 2.22. The smallest absolute Gasteiger partial charge is 0.251 e. The molecule has 3 amide bonds. The minimum absolute atomic E-state index is 0.226. The Kier molecular flexibility index (Phi) is 6.15. The van der Waals surface area contributed by atoms with Crippen molar-refractivity contribution in [2.75, 3.05) is 26.1 Å². The number of methoxy groups -OCH3 is 2. The van der Waals surface area contributed by atoms with Crippen molar-refractivity contribution in [1.29, 1.82) is 0 Å². The van der Waals surface area contributed by atoms with E-state index in [9.17, 15) is 14.4 Å². The summed E-state index contributed by atoms with van der Waals surface area (Å²) in [5, 5.41) is 5.12. The van der Waals surface area contributed by atoms with Gasteiger partial charge in [0.2, 0.25) is 11.8 Å². The zero-order chi connectivity index (χ0) is 19.1. The van der Waals surface area contributed by atoms with Crippen LogP contribution in [0.2, 0.25) is 0 Å². The Balaban J connectivity index is 1.94. The molecule has 0 bridgehead atoms. The third-order valence-electron chi connectivity index (χ3n) is 3.48. The molecular weight excluding hydrogens is 338 g/mol. The summed E-state index contributed by atoms with van der Waals surface area (Å²) in [5.41, 5.74) is 6.28. The predicted octanol–water partition coefficient (Wildman–Crippen LogP) is 1.17. The topological polar surface area (TPSA) is 120 Å². The Morgan fingerprint density at radius 2 is 1.50 bits per heavy atom. The van der Waals surface area contributed by atoms with E-state index >= 15 is 0 Å². The van der Waals surface area contributed by atoms with Crippen molar-refractivity contribution in [3.63, 3.8) is 0 Å². The Labute approximate surface area is 150 Å². The van der Waals surface area contributed by atoms with Gasteiger partial charge in [-0.05, 0) is 36.4 Å². The minimum atomic E-state index is -0.552. The van der Waals surface area contributed by atoms with Crippen LogP contribution in [0.5, 0.6) is 11.5 Å². The highest BCUT2D eigenvalue weighted by molar-refractivity contribution is 6.00. The number of rotatable bonds is 7. The van der Waals surface area contributed by atoms with Crippen molar-refractivity contribution in [2.24, 2.45) is 5.73 Å². The quantitative estimate of drug-likeness (QED) is 0.687. The van der Waals surface area contributed by atoms with E-state index in [0.29, 0.717) is 28.3 Å². The van der Waals surface area contributed by atoms with Gasteiger partial charge in [-0.1, -0.05) is 0 Å². The van der Waals surface area contributed by atoms with Gasteiger partial charge in [-0.25, -0.2) is 0 Å². The zero-order valence-electron chi connectivity index (χ0n) is 14.4. The number of nitrogens with one attached hydrogen (secondary N) is 2. The second-order valence-corrected chi connectivity index (χ2v) is 5.27. The Morgan fingerprint density at radius 3 is 2.00 bits per heavy atom. The van der Waals surface area contributed by atoms with Crippen LogP contribution in [0, 0.1) is 0 Å². The molecule has 8 heteroatoms. The lowest BCUT2D eigenvalue weighted by Crippen LogP contribution is -2.32. The number of anilines is 1. The highest BCUT2D eigenvalue weighted by Gasteiger charge is 2.11. The average molecular weight is 357 g/mol. The molecule has 0 aromatic heterocycles. The molecular formula is C18H19N3O5. The van der Waals surface area contributed by atoms with E-state index in [2.05, 4.69) is 10.6 Å². The van der Waals surface area contributed by atoms with E-state index < -0.39 is 17.7 Å². The third-order valence-corrected chi connectivity index (χ3v) is 3.48. The molecule has 2 rings (SSSR count). The van der Waals surface area contributed by atoms with Gasteiger partial charge in [0, 0.05) is 22.9 Å². The third kappa shape index (κ3) is 4.97. The number of carbonyl (C=O) groups is 3. The molecule has 0 heterocycles. The molecule has 0 unspecified atom stereocenters. The molecule has 0 saturated heterocycles. The highest BCUT2D eigenvalue weighted by atomic mass is 16.5. The number of hydrogen-bond acceptors (Lipinski definition) is 5. The van der Waals surface area contributed by atoms with Crippen LogP contribution in [0.3, 0.4) is 0 Å². The zero-order valence-corrected chi connectivity index (χ0v) is 14.4. The maximum absolute atomic E-state index is 12.2. The number of hydrogen-bond donors (Lipinski definition) is 3. The Hall–Kier alpha value is -3.55. The fourth-order valence-electron chi connectivity index (χ4n) is 2.12. The van der Waals surface area contributed by atoms with Crippen LogP contribution in [-0.2, 0) is 4.79 Å². The van der Waals surface area contributed by atoms with Gasteiger partial charge in [-0.15, -0.1) is 0 Å². The van der Waals surface area contributed by atoms with Crippen LogP contribution in [-0.4, -0.2) is 38.5 Å². The lowest BCUT2D eigenvalue weighted by atomic mass is 10.2. The largest absolute Gasteiger partial charge is 0.497 e. The van der Waals surface area contributed by atoms with Gasteiger partial charge in [-0.3, -0.25) is 14.4 Å². The van der Waals surface area contributed by atoms with E-state index in [0.717, 1.165) is 0 Å². The molecule has 0 fully saturated rings. The molecule has 0 aliphatic heterocycles. The van der Waals surface area contributed by atoms with Crippen LogP contribution in [0.1, 0.15) is 20.7 Å². The monoisotopic (exact) mass is 357 g/mol. The molecule has 26 heavy (non-hydrogen) atoms. The lowest BCUT2D eigenvalue weighted by molar-refractivity contribution is -0.115. The van der Waals surface area contributed by atoms with Gasteiger partial charge in [0.05, 0.1) is 20.8 Å². The van der Waals surface area contributed by atoms with E-state index in [-0.39, 0.29) is 6.54 Å². The van der Waals surface area contributed by atoms with E-state index in [4.69, 9.17) is 15.2 Å². The number of carbonyl (C=O) groups excluding carboxylic acids is 3. The normalized spacial score (nSPS) is 9.92. The first-order valence-corrected chi connectivity index (χ1v) is 7.64. The lowest BCUT2D eigenvalue weighted by Gasteiger charge is -2.10. The van der Waals surface area contributed by atoms with Gasteiger partial charge >= 0.3 is 0 Å². The van der Waals surface area contributed by atoms with Crippen LogP contribution >= 0.6 is 0 Å². The first kappa shape index (κ1) is 18.8.